The molecule has 0 fully saturated rings. The van der Waals surface area contributed by atoms with Crippen molar-refractivity contribution in [3.8, 4) is 17.5 Å². The summed E-state index contributed by atoms with van der Waals surface area (Å²) in [7, 11) is 5.66. The van der Waals surface area contributed by atoms with Crippen molar-refractivity contribution in [3.05, 3.63) is 36.0 Å². The lowest BCUT2D eigenvalue weighted by molar-refractivity contribution is 1.03. The Bertz CT molecular complexity index is 602. The lowest BCUT2D eigenvalue weighted by atomic mass is 9.95. The van der Waals surface area contributed by atoms with E-state index >= 15 is 0 Å². The fourth-order valence-corrected chi connectivity index (χ4v) is 1.67. The Morgan fingerprint density at radius 2 is 2.00 bits per heavy atom. The number of anilines is 1. The number of nitrogens with zero attached hydrogens (tertiary/aromatic N) is 3. The van der Waals surface area contributed by atoms with Crippen molar-refractivity contribution >= 4 is 19.1 Å². The van der Waals surface area contributed by atoms with Crippen LogP contribution in [0.5, 0.6) is 0 Å². The first kappa shape index (κ1) is 13.1. The van der Waals surface area contributed by atoms with Crippen LogP contribution >= 0.6 is 0 Å². The zero-order valence-electron chi connectivity index (χ0n) is 10.7. The number of nitrogens with one attached hydrogen (secondary N) is 1. The second kappa shape index (κ2) is 6.01. The van der Waals surface area contributed by atoms with Gasteiger partial charge in [-0.2, -0.15) is 5.26 Å². The van der Waals surface area contributed by atoms with Gasteiger partial charge in [-0.05, 0) is 6.92 Å². The van der Waals surface area contributed by atoms with E-state index < -0.39 is 0 Å². The summed E-state index contributed by atoms with van der Waals surface area (Å²) in [5, 5.41) is 11.6. The predicted molar refractivity (Wildman–Crippen MR) is 76.3 cm³/mol. The maximum absolute atomic E-state index is 8.52. The summed E-state index contributed by atoms with van der Waals surface area (Å²) in [5.41, 5.74) is 2.51. The van der Waals surface area contributed by atoms with Crippen LogP contribution in [0.15, 0.2) is 30.3 Å². The highest BCUT2D eigenvalue weighted by Gasteiger charge is 2.04. The van der Waals surface area contributed by atoms with Gasteiger partial charge in [-0.25, -0.2) is 9.97 Å². The van der Waals surface area contributed by atoms with Gasteiger partial charge in [0.25, 0.3) is 0 Å². The van der Waals surface area contributed by atoms with Crippen LogP contribution in [0.25, 0.3) is 11.4 Å². The van der Waals surface area contributed by atoms with Gasteiger partial charge in [0.1, 0.15) is 13.7 Å². The van der Waals surface area contributed by atoms with Crippen molar-refractivity contribution in [2.24, 2.45) is 0 Å². The summed E-state index contributed by atoms with van der Waals surface area (Å²) in [6, 6.07) is 11.4. The maximum Gasteiger partial charge on any atom is 0.161 e. The van der Waals surface area contributed by atoms with E-state index in [1.54, 1.807) is 0 Å². The molecule has 1 heterocycles. The van der Waals surface area contributed by atoms with E-state index in [2.05, 4.69) is 21.4 Å². The number of hydrogen-bond acceptors (Lipinski definition) is 4. The van der Waals surface area contributed by atoms with Crippen molar-refractivity contribution in [3.63, 3.8) is 0 Å². The third-order valence-electron chi connectivity index (χ3n) is 2.57. The van der Waals surface area contributed by atoms with Gasteiger partial charge in [-0.15, -0.1) is 0 Å². The molecule has 0 atom stereocenters. The number of rotatable bonds is 4. The monoisotopic (exact) mass is 248 g/mol. The predicted octanol–water partition coefficient (Wildman–Crippen LogP) is 1.57. The van der Waals surface area contributed by atoms with Crippen LogP contribution in [0.3, 0.4) is 0 Å². The van der Waals surface area contributed by atoms with Gasteiger partial charge in [0, 0.05) is 23.9 Å². The topological polar surface area (TPSA) is 61.6 Å². The fraction of sp³-hybridized carbons (Fsp3) is 0.214. The summed E-state index contributed by atoms with van der Waals surface area (Å²) in [4.78, 5) is 8.84. The Kier molecular flexibility index (Phi) is 4.14. The first-order valence-corrected chi connectivity index (χ1v) is 6.01. The highest BCUT2D eigenvalue weighted by Crippen LogP contribution is 2.16. The molecular formula is C14H13BN4. The molecule has 1 aromatic carbocycles. The van der Waals surface area contributed by atoms with Crippen LogP contribution in [-0.2, 0) is 0 Å². The lowest BCUT2D eigenvalue weighted by Gasteiger charge is -2.07. The lowest BCUT2D eigenvalue weighted by Crippen LogP contribution is -2.05. The Labute approximate surface area is 113 Å². The average molecular weight is 248 g/mol. The molecular weight excluding hydrogens is 235 g/mol. The summed E-state index contributed by atoms with van der Waals surface area (Å²) < 4.78 is 0. The zero-order valence-corrected chi connectivity index (χ0v) is 10.7. The van der Waals surface area contributed by atoms with E-state index in [4.69, 9.17) is 13.1 Å². The molecule has 1 aromatic heterocycles. The summed E-state index contributed by atoms with van der Waals surface area (Å²) >= 11 is 0. The molecule has 0 unspecified atom stereocenters. The normalized spacial score (nSPS) is 9.89. The third kappa shape index (κ3) is 3.55. The molecule has 0 bridgehead atoms. The number of aromatic nitrogens is 2. The first-order valence-electron chi connectivity index (χ1n) is 6.01. The minimum Gasteiger partial charge on any atom is -0.369 e. The van der Waals surface area contributed by atoms with Gasteiger partial charge in [0.15, 0.2) is 5.82 Å². The second-order valence-electron chi connectivity index (χ2n) is 4.18. The number of hydrogen-bond donors (Lipinski definition) is 1. The number of aryl methyl sites for hydroxylation is 1. The smallest absolute Gasteiger partial charge is 0.161 e. The second-order valence-corrected chi connectivity index (χ2v) is 4.18. The van der Waals surface area contributed by atoms with E-state index in [1.165, 1.54) is 0 Å². The minimum atomic E-state index is 0.445. The molecule has 0 spiro atoms. The van der Waals surface area contributed by atoms with Crippen molar-refractivity contribution in [2.75, 3.05) is 11.9 Å². The quantitative estimate of drug-likeness (QED) is 0.659. The Morgan fingerprint density at radius 1 is 1.26 bits per heavy atom. The Balaban J connectivity index is 2.26. The third-order valence-corrected chi connectivity index (χ3v) is 2.57. The van der Waals surface area contributed by atoms with E-state index in [0.29, 0.717) is 24.3 Å². The van der Waals surface area contributed by atoms with Gasteiger partial charge in [-0.1, -0.05) is 29.7 Å². The summed E-state index contributed by atoms with van der Waals surface area (Å²) in [6.07, 6.45) is 0.445. The van der Waals surface area contributed by atoms with Crippen LogP contribution < -0.4 is 10.8 Å². The van der Waals surface area contributed by atoms with Crippen molar-refractivity contribution in [2.45, 2.75) is 13.3 Å². The van der Waals surface area contributed by atoms with Gasteiger partial charge in [-0.3, -0.25) is 0 Å². The van der Waals surface area contributed by atoms with Crippen molar-refractivity contribution < 1.29 is 0 Å². The van der Waals surface area contributed by atoms with Crippen LogP contribution in [0.1, 0.15) is 12.1 Å². The largest absolute Gasteiger partial charge is 0.369 e. The van der Waals surface area contributed by atoms with Crippen LogP contribution in [-0.4, -0.2) is 24.4 Å². The van der Waals surface area contributed by atoms with E-state index in [9.17, 15) is 0 Å². The summed E-state index contributed by atoms with van der Waals surface area (Å²) in [6.45, 7) is 2.49. The molecule has 0 aliphatic carbocycles. The van der Waals surface area contributed by atoms with E-state index in [1.807, 2.05) is 37.3 Å². The number of nitriles is 1. The maximum atomic E-state index is 8.52. The molecule has 5 heteroatoms. The summed E-state index contributed by atoms with van der Waals surface area (Å²) in [5.74, 6) is 1.38. The highest BCUT2D eigenvalue weighted by molar-refractivity contribution is 6.32. The molecule has 0 saturated carbocycles. The zero-order chi connectivity index (χ0) is 13.7. The standard InChI is InChI=1S/C14H13BN4/c1-10-9-13(17-8-2-7-16)19-14(18-10)11-3-5-12(15)6-4-11/h3-6,9H,2,8H2,1H3,(H,17,18,19). The highest BCUT2D eigenvalue weighted by atomic mass is 15.0. The van der Waals surface area contributed by atoms with Crippen molar-refractivity contribution in [1.29, 1.82) is 5.26 Å². The van der Waals surface area contributed by atoms with Gasteiger partial charge >= 0.3 is 0 Å². The SMILES string of the molecule is [B]c1ccc(-c2nc(C)cc(NCCC#N)n2)cc1. The average Bonchev–Trinajstić information content (AvgIpc) is 2.39. The molecule has 0 saturated heterocycles. The molecule has 0 aliphatic heterocycles. The molecule has 2 rings (SSSR count). The molecule has 0 amide bonds. The molecule has 2 aromatic rings. The Morgan fingerprint density at radius 3 is 2.68 bits per heavy atom. The van der Waals surface area contributed by atoms with Crippen LogP contribution in [0.2, 0.25) is 0 Å². The van der Waals surface area contributed by atoms with Gasteiger partial charge in [0.2, 0.25) is 0 Å². The van der Waals surface area contributed by atoms with Crippen LogP contribution in [0.4, 0.5) is 5.82 Å². The van der Waals surface area contributed by atoms with Gasteiger partial charge < -0.3 is 5.32 Å². The first-order chi connectivity index (χ1) is 9.19. The molecule has 2 radical (unpaired) electrons. The van der Waals surface area contributed by atoms with Crippen LogP contribution in [0, 0.1) is 18.3 Å². The molecule has 1 N–H and O–H groups in total. The number of benzene rings is 1. The molecule has 4 nitrogen and oxygen atoms in total. The van der Waals surface area contributed by atoms with E-state index in [0.717, 1.165) is 17.1 Å². The van der Waals surface area contributed by atoms with E-state index in [-0.39, 0.29) is 0 Å². The molecule has 92 valence electrons. The minimum absolute atomic E-state index is 0.445. The van der Waals surface area contributed by atoms with Gasteiger partial charge in [0.05, 0.1) is 12.5 Å². The molecule has 19 heavy (non-hydrogen) atoms. The molecule has 0 aliphatic rings. The van der Waals surface area contributed by atoms with Crippen molar-refractivity contribution in [1.82, 2.24) is 9.97 Å². The Hall–Kier alpha value is -2.35. The fourth-order valence-electron chi connectivity index (χ4n) is 1.67.